The van der Waals surface area contributed by atoms with Crippen molar-refractivity contribution in [2.75, 3.05) is 0 Å². The van der Waals surface area contributed by atoms with Crippen LogP contribution in [0.3, 0.4) is 0 Å². The summed E-state index contributed by atoms with van der Waals surface area (Å²) in [4.78, 5) is 23.9. The molecule has 0 radical (unpaired) electrons. The van der Waals surface area contributed by atoms with Crippen molar-refractivity contribution in [3.8, 4) is 22.8 Å². The van der Waals surface area contributed by atoms with Crippen molar-refractivity contribution in [1.82, 2.24) is 29.7 Å². The minimum absolute atomic E-state index is 0.420. The lowest BCUT2D eigenvalue weighted by molar-refractivity contribution is 0.830. The number of rotatable bonds is 7. The maximum atomic E-state index is 12.0. The number of hydrogen-bond donors (Lipinski definition) is 2. The van der Waals surface area contributed by atoms with Crippen LogP contribution < -0.4 is 11.4 Å². The van der Waals surface area contributed by atoms with E-state index in [1.165, 1.54) is 9.35 Å². The van der Waals surface area contributed by atoms with E-state index in [2.05, 4.69) is 30.6 Å². The average molecular weight is 402 g/mol. The third-order valence-corrected chi connectivity index (χ3v) is 4.18. The molecule has 2 aromatic carbocycles. The normalized spacial score (nSPS) is 11.6. The molecule has 2 heterocycles. The Bertz CT molecular complexity index is 1180. The van der Waals surface area contributed by atoms with Crippen molar-refractivity contribution in [2.24, 2.45) is 10.2 Å². The molecule has 0 saturated carbocycles. The Kier molecular flexibility index (Phi) is 5.56. The fourth-order valence-corrected chi connectivity index (χ4v) is 2.77. The van der Waals surface area contributed by atoms with E-state index in [4.69, 9.17) is 0 Å². The van der Waals surface area contributed by atoms with Gasteiger partial charge in [0.2, 0.25) is 0 Å². The SMILES string of the molecule is O=c1[nH]nc(-c2ccccc2)n1/N=C\CC/C=N/n1c(-c2ccccc2)n[nH]c1=O. The minimum Gasteiger partial charge on any atom is -0.244 e. The predicted molar refractivity (Wildman–Crippen MR) is 114 cm³/mol. The molecule has 0 aliphatic rings. The summed E-state index contributed by atoms with van der Waals surface area (Å²) >= 11 is 0. The van der Waals surface area contributed by atoms with Crippen LogP contribution in [0.4, 0.5) is 0 Å². The number of benzene rings is 2. The highest BCUT2D eigenvalue weighted by atomic mass is 16.2. The molecule has 4 aromatic rings. The molecule has 0 aliphatic heterocycles. The van der Waals surface area contributed by atoms with E-state index in [1.54, 1.807) is 12.4 Å². The van der Waals surface area contributed by atoms with E-state index in [-0.39, 0.29) is 0 Å². The molecular weight excluding hydrogens is 384 g/mol. The van der Waals surface area contributed by atoms with Crippen LogP contribution in [0, 0.1) is 0 Å². The number of unbranched alkanes of at least 4 members (excludes halogenated alkanes) is 1. The maximum absolute atomic E-state index is 12.0. The van der Waals surface area contributed by atoms with Crippen LogP contribution in [0.1, 0.15) is 12.8 Å². The monoisotopic (exact) mass is 402 g/mol. The second kappa shape index (κ2) is 8.78. The van der Waals surface area contributed by atoms with Crippen molar-refractivity contribution >= 4 is 12.4 Å². The van der Waals surface area contributed by atoms with Crippen LogP contribution in [-0.2, 0) is 0 Å². The number of aromatic amines is 2. The van der Waals surface area contributed by atoms with Gasteiger partial charge < -0.3 is 0 Å². The van der Waals surface area contributed by atoms with E-state index in [0.29, 0.717) is 24.5 Å². The summed E-state index contributed by atoms with van der Waals surface area (Å²) in [6, 6.07) is 18.6. The van der Waals surface area contributed by atoms with Gasteiger partial charge in [0, 0.05) is 23.6 Å². The van der Waals surface area contributed by atoms with Gasteiger partial charge in [-0.25, -0.2) is 19.8 Å². The largest absolute Gasteiger partial charge is 0.364 e. The lowest BCUT2D eigenvalue weighted by Crippen LogP contribution is -2.14. The van der Waals surface area contributed by atoms with Crippen molar-refractivity contribution in [3.63, 3.8) is 0 Å². The first-order chi connectivity index (χ1) is 14.7. The molecule has 0 fully saturated rings. The Morgan fingerprint density at radius 1 is 0.700 bits per heavy atom. The number of nitrogens with zero attached hydrogens (tertiary/aromatic N) is 6. The lowest BCUT2D eigenvalue weighted by atomic mass is 10.2. The first kappa shape index (κ1) is 19.0. The van der Waals surface area contributed by atoms with Gasteiger partial charge in [0.25, 0.3) is 0 Å². The fraction of sp³-hybridized carbons (Fsp3) is 0.100. The van der Waals surface area contributed by atoms with Gasteiger partial charge in [-0.3, -0.25) is 0 Å². The Morgan fingerprint density at radius 3 is 1.50 bits per heavy atom. The van der Waals surface area contributed by atoms with Crippen LogP contribution in [0.15, 0.2) is 80.5 Å². The summed E-state index contributed by atoms with van der Waals surface area (Å²) in [5.41, 5.74) is 0.720. The zero-order chi connectivity index (χ0) is 20.8. The van der Waals surface area contributed by atoms with E-state index in [9.17, 15) is 9.59 Å². The number of hydrogen-bond acceptors (Lipinski definition) is 6. The van der Waals surface area contributed by atoms with E-state index in [1.807, 2.05) is 60.7 Å². The summed E-state index contributed by atoms with van der Waals surface area (Å²) in [5, 5.41) is 21.2. The van der Waals surface area contributed by atoms with Crippen molar-refractivity contribution < 1.29 is 0 Å². The minimum atomic E-state index is -0.420. The van der Waals surface area contributed by atoms with Gasteiger partial charge in [-0.15, -0.1) is 0 Å². The summed E-state index contributed by atoms with van der Waals surface area (Å²) in [5.74, 6) is 0.867. The zero-order valence-corrected chi connectivity index (χ0v) is 15.8. The van der Waals surface area contributed by atoms with Gasteiger partial charge in [0.15, 0.2) is 11.6 Å². The van der Waals surface area contributed by atoms with Crippen molar-refractivity contribution in [2.45, 2.75) is 12.8 Å². The molecule has 0 aliphatic carbocycles. The molecule has 150 valence electrons. The summed E-state index contributed by atoms with van der Waals surface area (Å²) in [7, 11) is 0. The van der Waals surface area contributed by atoms with Crippen LogP contribution in [0.25, 0.3) is 22.8 Å². The molecule has 0 unspecified atom stereocenters. The van der Waals surface area contributed by atoms with Crippen molar-refractivity contribution in [3.05, 3.63) is 81.6 Å². The van der Waals surface area contributed by atoms with E-state index >= 15 is 0 Å². The van der Waals surface area contributed by atoms with Gasteiger partial charge >= 0.3 is 11.4 Å². The second-order valence-electron chi connectivity index (χ2n) is 6.23. The molecule has 0 atom stereocenters. The molecule has 10 nitrogen and oxygen atoms in total. The Hall–Kier alpha value is -4.34. The molecule has 0 amide bonds. The number of aromatic nitrogens is 6. The predicted octanol–water partition coefficient (Wildman–Crippen LogP) is 1.94. The van der Waals surface area contributed by atoms with Crippen molar-refractivity contribution in [1.29, 1.82) is 0 Å². The summed E-state index contributed by atoms with van der Waals surface area (Å²) in [6.07, 6.45) is 4.24. The molecule has 10 heteroatoms. The Labute approximate surface area is 170 Å². The molecule has 0 bridgehead atoms. The first-order valence-electron chi connectivity index (χ1n) is 9.25. The third-order valence-electron chi connectivity index (χ3n) is 4.18. The Morgan fingerprint density at radius 2 is 1.10 bits per heavy atom. The quantitative estimate of drug-likeness (QED) is 0.362. The molecular formula is C20H18N8O2. The standard InChI is InChI=1S/C20H18N8O2/c29-19-25-23-17(15-9-3-1-4-10-15)27(19)21-13-7-8-14-22-28-18(24-26-20(28)30)16-11-5-2-6-12-16/h1-6,9-14H,7-8H2,(H,25,29)(H,26,30)/b21-13-,22-14+. The van der Waals surface area contributed by atoms with E-state index < -0.39 is 11.4 Å². The topological polar surface area (TPSA) is 126 Å². The van der Waals surface area contributed by atoms with Gasteiger partial charge in [0.05, 0.1) is 0 Å². The average Bonchev–Trinajstić information content (AvgIpc) is 3.34. The van der Waals surface area contributed by atoms with Gasteiger partial charge in [-0.1, -0.05) is 60.7 Å². The number of H-pyrrole nitrogens is 2. The zero-order valence-electron chi connectivity index (χ0n) is 15.8. The van der Waals surface area contributed by atoms with E-state index in [0.717, 1.165) is 11.1 Å². The molecule has 2 N–H and O–H groups in total. The van der Waals surface area contributed by atoms with Gasteiger partial charge in [0.1, 0.15) is 0 Å². The highest BCUT2D eigenvalue weighted by Crippen LogP contribution is 2.14. The lowest BCUT2D eigenvalue weighted by Gasteiger charge is -1.99. The Balaban J connectivity index is 1.43. The summed E-state index contributed by atoms with van der Waals surface area (Å²) < 4.78 is 2.42. The first-order valence-corrected chi connectivity index (χ1v) is 9.25. The fourth-order valence-electron chi connectivity index (χ4n) is 2.77. The van der Waals surface area contributed by atoms with Gasteiger partial charge in [-0.2, -0.15) is 29.8 Å². The van der Waals surface area contributed by atoms with Crippen LogP contribution in [-0.4, -0.2) is 42.2 Å². The van der Waals surface area contributed by atoms with Gasteiger partial charge in [-0.05, 0) is 12.8 Å². The molecule has 4 rings (SSSR count). The van der Waals surface area contributed by atoms with Crippen LogP contribution >= 0.6 is 0 Å². The highest BCUT2D eigenvalue weighted by Gasteiger charge is 2.09. The molecule has 2 aromatic heterocycles. The van der Waals surface area contributed by atoms with Crippen LogP contribution in [0.5, 0.6) is 0 Å². The highest BCUT2D eigenvalue weighted by molar-refractivity contribution is 5.66. The molecule has 0 spiro atoms. The number of nitrogens with one attached hydrogen (secondary N) is 2. The second-order valence-corrected chi connectivity index (χ2v) is 6.23. The molecule has 0 saturated heterocycles. The summed E-state index contributed by atoms with van der Waals surface area (Å²) in [6.45, 7) is 0. The molecule has 30 heavy (non-hydrogen) atoms. The van der Waals surface area contributed by atoms with Crippen LogP contribution in [0.2, 0.25) is 0 Å². The maximum Gasteiger partial charge on any atom is 0.364 e. The smallest absolute Gasteiger partial charge is 0.244 e. The third kappa shape index (κ3) is 4.07.